The SMILES string of the molecule is C=CC[C@H]1[C@H](O)C2C3CC[C@H]([C@H](C)CCC(=O)O)[C@@]3(C)CCC2[C@@]2(C)CC[C@@H](O)C[C@@H]12. The molecule has 176 valence electrons. The molecule has 4 rings (SSSR count). The van der Waals surface area contributed by atoms with Crippen molar-refractivity contribution in [1.82, 2.24) is 0 Å². The molecule has 0 bridgehead atoms. The molecular formula is C27H44O4. The average molecular weight is 433 g/mol. The summed E-state index contributed by atoms with van der Waals surface area (Å²) in [5.41, 5.74) is 0.404. The van der Waals surface area contributed by atoms with Gasteiger partial charge in [0, 0.05) is 6.42 Å². The quantitative estimate of drug-likeness (QED) is 0.499. The number of carbonyl (C=O) groups is 1. The standard InChI is InChI=1S/C27H44O4/c1-5-6-18-22-15-17(28)11-13-27(22,4)21-12-14-26(3)19(16(2)7-10-23(29)30)8-9-20(26)24(21)25(18)31/h5,16-22,24-25,28,31H,1,6-15H2,2-4H3,(H,29,30)/t16-,17-,18-,19-,20?,21?,22+,24?,25+,26-,27-/m1/s1. The van der Waals surface area contributed by atoms with Crippen molar-refractivity contribution in [2.24, 2.45) is 52.3 Å². The van der Waals surface area contributed by atoms with Crippen LogP contribution in [0.5, 0.6) is 0 Å². The van der Waals surface area contributed by atoms with Gasteiger partial charge in [-0.25, -0.2) is 0 Å². The number of aliphatic hydroxyl groups excluding tert-OH is 2. The van der Waals surface area contributed by atoms with Gasteiger partial charge in [-0.2, -0.15) is 0 Å². The van der Waals surface area contributed by atoms with Crippen molar-refractivity contribution in [3.05, 3.63) is 12.7 Å². The van der Waals surface area contributed by atoms with Gasteiger partial charge in [0.1, 0.15) is 0 Å². The predicted octanol–water partition coefficient (Wildman–Crippen LogP) is 5.28. The number of rotatable bonds is 6. The Balaban J connectivity index is 1.63. The van der Waals surface area contributed by atoms with Crippen LogP contribution in [0.15, 0.2) is 12.7 Å². The summed E-state index contributed by atoms with van der Waals surface area (Å²) in [5, 5.41) is 31.4. The first-order valence-corrected chi connectivity index (χ1v) is 12.8. The molecule has 3 unspecified atom stereocenters. The highest BCUT2D eigenvalue weighted by Crippen LogP contribution is 2.69. The second-order valence-electron chi connectivity index (χ2n) is 12.1. The molecule has 0 aromatic rings. The molecule has 0 aliphatic heterocycles. The summed E-state index contributed by atoms with van der Waals surface area (Å²) in [6, 6.07) is 0. The molecule has 0 amide bonds. The third-order valence-corrected chi connectivity index (χ3v) is 10.9. The number of carboxylic acids is 1. The van der Waals surface area contributed by atoms with E-state index >= 15 is 0 Å². The maximum Gasteiger partial charge on any atom is 0.303 e. The lowest BCUT2D eigenvalue weighted by Crippen LogP contribution is -2.62. The van der Waals surface area contributed by atoms with Crippen molar-refractivity contribution >= 4 is 5.97 Å². The molecule has 4 saturated carbocycles. The number of allylic oxidation sites excluding steroid dienone is 1. The van der Waals surface area contributed by atoms with Crippen LogP contribution in [0.3, 0.4) is 0 Å². The molecule has 0 aromatic heterocycles. The van der Waals surface area contributed by atoms with E-state index in [-0.39, 0.29) is 35.4 Å². The first-order chi connectivity index (χ1) is 14.6. The van der Waals surface area contributed by atoms with Crippen molar-refractivity contribution in [2.45, 2.75) is 97.2 Å². The van der Waals surface area contributed by atoms with Crippen LogP contribution in [-0.2, 0) is 4.79 Å². The van der Waals surface area contributed by atoms with Gasteiger partial charge in [0.05, 0.1) is 12.2 Å². The van der Waals surface area contributed by atoms with Crippen molar-refractivity contribution in [2.75, 3.05) is 0 Å². The van der Waals surface area contributed by atoms with E-state index in [1.807, 2.05) is 6.08 Å². The van der Waals surface area contributed by atoms with Gasteiger partial charge in [-0.05, 0) is 110 Å². The Hall–Kier alpha value is -0.870. The minimum atomic E-state index is -0.691. The number of hydrogen-bond donors (Lipinski definition) is 3. The van der Waals surface area contributed by atoms with Crippen LogP contribution in [0.4, 0.5) is 0 Å². The summed E-state index contributed by atoms with van der Waals surface area (Å²) >= 11 is 0. The summed E-state index contributed by atoms with van der Waals surface area (Å²) < 4.78 is 0. The lowest BCUT2D eigenvalue weighted by Gasteiger charge is -2.64. The van der Waals surface area contributed by atoms with E-state index in [2.05, 4.69) is 27.4 Å². The van der Waals surface area contributed by atoms with E-state index in [9.17, 15) is 15.0 Å². The highest BCUT2D eigenvalue weighted by Gasteiger charge is 2.64. The summed E-state index contributed by atoms with van der Waals surface area (Å²) in [4.78, 5) is 11.1. The Labute approximate surface area is 188 Å². The van der Waals surface area contributed by atoms with Crippen LogP contribution in [0.2, 0.25) is 0 Å². The Morgan fingerprint density at radius 1 is 1.06 bits per heavy atom. The fraction of sp³-hybridized carbons (Fsp3) is 0.889. The third-order valence-electron chi connectivity index (χ3n) is 10.9. The number of aliphatic hydroxyl groups is 2. The molecule has 4 aliphatic rings. The third kappa shape index (κ3) is 3.70. The van der Waals surface area contributed by atoms with E-state index < -0.39 is 5.97 Å². The van der Waals surface area contributed by atoms with Gasteiger partial charge in [0.25, 0.3) is 0 Å². The molecule has 31 heavy (non-hydrogen) atoms. The van der Waals surface area contributed by atoms with E-state index in [1.165, 1.54) is 25.7 Å². The minimum absolute atomic E-state index is 0.199. The van der Waals surface area contributed by atoms with Crippen LogP contribution < -0.4 is 0 Å². The molecule has 0 radical (unpaired) electrons. The van der Waals surface area contributed by atoms with Gasteiger partial charge in [-0.15, -0.1) is 6.58 Å². The first kappa shape index (κ1) is 23.3. The molecule has 0 heterocycles. The monoisotopic (exact) mass is 432 g/mol. The van der Waals surface area contributed by atoms with Crippen LogP contribution in [0.25, 0.3) is 0 Å². The minimum Gasteiger partial charge on any atom is -0.481 e. The number of carboxylic acid groups (broad SMARTS) is 1. The van der Waals surface area contributed by atoms with Crippen molar-refractivity contribution in [3.8, 4) is 0 Å². The van der Waals surface area contributed by atoms with Gasteiger partial charge in [-0.1, -0.05) is 26.8 Å². The topological polar surface area (TPSA) is 77.8 Å². The highest BCUT2D eigenvalue weighted by atomic mass is 16.4. The second-order valence-corrected chi connectivity index (χ2v) is 12.1. The van der Waals surface area contributed by atoms with Crippen molar-refractivity contribution in [3.63, 3.8) is 0 Å². The van der Waals surface area contributed by atoms with Gasteiger partial charge in [0.15, 0.2) is 0 Å². The van der Waals surface area contributed by atoms with Crippen LogP contribution in [0, 0.1) is 52.3 Å². The molecule has 3 N–H and O–H groups in total. The molecule has 0 aromatic carbocycles. The van der Waals surface area contributed by atoms with E-state index in [0.29, 0.717) is 35.5 Å². The zero-order chi connectivity index (χ0) is 22.6. The molecule has 11 atom stereocenters. The average Bonchev–Trinajstić information content (AvgIpc) is 3.07. The lowest BCUT2D eigenvalue weighted by atomic mass is 9.41. The fourth-order valence-corrected chi connectivity index (χ4v) is 9.46. The highest BCUT2D eigenvalue weighted by molar-refractivity contribution is 5.66. The molecule has 4 nitrogen and oxygen atoms in total. The normalized spacial score (nSPS) is 50.1. The molecular weight excluding hydrogens is 388 g/mol. The zero-order valence-electron chi connectivity index (χ0n) is 19.8. The Bertz CT molecular complexity index is 691. The number of fused-ring (bicyclic) bond motifs is 5. The number of hydrogen-bond acceptors (Lipinski definition) is 3. The molecule has 4 aliphatic carbocycles. The molecule has 0 spiro atoms. The van der Waals surface area contributed by atoms with Gasteiger partial charge >= 0.3 is 5.97 Å². The Morgan fingerprint density at radius 2 is 1.74 bits per heavy atom. The summed E-state index contributed by atoms with van der Waals surface area (Å²) in [5.74, 6) is 2.25. The van der Waals surface area contributed by atoms with Crippen molar-refractivity contribution < 1.29 is 20.1 Å². The second kappa shape index (κ2) is 8.48. The molecule has 4 heteroatoms. The van der Waals surface area contributed by atoms with E-state index in [1.54, 1.807) is 0 Å². The number of aliphatic carboxylic acids is 1. The van der Waals surface area contributed by atoms with Crippen LogP contribution >= 0.6 is 0 Å². The van der Waals surface area contributed by atoms with E-state index in [0.717, 1.165) is 32.1 Å². The predicted molar refractivity (Wildman–Crippen MR) is 122 cm³/mol. The summed E-state index contributed by atoms with van der Waals surface area (Å²) in [6.45, 7) is 11.2. The summed E-state index contributed by atoms with van der Waals surface area (Å²) in [7, 11) is 0. The summed E-state index contributed by atoms with van der Waals surface area (Å²) in [6.07, 6.45) is 10.8. The maximum absolute atomic E-state index is 11.8. The Kier molecular flexibility index (Phi) is 6.37. The molecule has 4 fully saturated rings. The lowest BCUT2D eigenvalue weighted by molar-refractivity contribution is -0.202. The van der Waals surface area contributed by atoms with Crippen molar-refractivity contribution in [1.29, 1.82) is 0 Å². The van der Waals surface area contributed by atoms with Crippen LogP contribution in [0.1, 0.15) is 85.0 Å². The molecule has 0 saturated heterocycles. The van der Waals surface area contributed by atoms with Gasteiger partial charge in [0.2, 0.25) is 0 Å². The van der Waals surface area contributed by atoms with E-state index in [4.69, 9.17) is 5.11 Å². The van der Waals surface area contributed by atoms with Gasteiger partial charge in [-0.3, -0.25) is 4.79 Å². The maximum atomic E-state index is 11.8. The fourth-order valence-electron chi connectivity index (χ4n) is 9.46. The van der Waals surface area contributed by atoms with Gasteiger partial charge < -0.3 is 15.3 Å². The first-order valence-electron chi connectivity index (χ1n) is 12.8. The zero-order valence-corrected chi connectivity index (χ0v) is 19.8. The Morgan fingerprint density at radius 3 is 2.42 bits per heavy atom. The smallest absolute Gasteiger partial charge is 0.303 e. The largest absolute Gasteiger partial charge is 0.481 e. The van der Waals surface area contributed by atoms with Crippen LogP contribution in [-0.4, -0.2) is 33.5 Å².